The molecule has 1 atom stereocenters. The molecule has 0 unspecified atom stereocenters. The summed E-state index contributed by atoms with van der Waals surface area (Å²) in [6.45, 7) is 10.2. The van der Waals surface area contributed by atoms with Crippen LogP contribution in [-0.2, 0) is 9.59 Å². The molecule has 0 aromatic heterocycles. The third-order valence-corrected chi connectivity index (χ3v) is 5.45. The molecular weight excluding hydrogens is 308 g/mol. The first-order valence-corrected chi connectivity index (χ1v) is 9.13. The van der Waals surface area contributed by atoms with Crippen molar-refractivity contribution in [2.75, 3.05) is 11.4 Å². The van der Waals surface area contributed by atoms with Crippen LogP contribution < -0.4 is 4.90 Å². The summed E-state index contributed by atoms with van der Waals surface area (Å²) in [6.07, 6.45) is 0.764. The Labute approximate surface area is 143 Å². The van der Waals surface area contributed by atoms with Gasteiger partial charge in [-0.1, -0.05) is 19.1 Å². The summed E-state index contributed by atoms with van der Waals surface area (Å²) in [4.78, 5) is 30.1. The van der Waals surface area contributed by atoms with E-state index in [1.165, 1.54) is 0 Å². The number of thioether (sulfide) groups is 1. The second-order valence-corrected chi connectivity index (χ2v) is 7.64. The third kappa shape index (κ3) is 3.71. The Hall–Kier alpha value is -1.49. The fraction of sp³-hybridized carbons (Fsp3) is 0.556. The Morgan fingerprint density at radius 3 is 2.39 bits per heavy atom. The average molecular weight is 334 g/mol. The molecule has 1 aliphatic heterocycles. The van der Waals surface area contributed by atoms with Crippen molar-refractivity contribution in [3.8, 4) is 0 Å². The molecule has 2 rings (SSSR count). The lowest BCUT2D eigenvalue weighted by Gasteiger charge is -2.36. The highest BCUT2D eigenvalue weighted by molar-refractivity contribution is 8.01. The van der Waals surface area contributed by atoms with E-state index in [0.717, 1.165) is 17.0 Å². The maximum Gasteiger partial charge on any atom is 0.243 e. The number of para-hydroxylation sites is 1. The van der Waals surface area contributed by atoms with Gasteiger partial charge in [-0.15, -0.1) is 11.8 Å². The van der Waals surface area contributed by atoms with Gasteiger partial charge in [-0.05, 0) is 46.2 Å². The highest BCUT2D eigenvalue weighted by atomic mass is 32.2. The number of nitrogens with zero attached hydrogens (tertiary/aromatic N) is 2. The first-order valence-electron chi connectivity index (χ1n) is 8.25. The number of carbonyl (C=O) groups is 2. The van der Waals surface area contributed by atoms with Crippen LogP contribution in [0.1, 0.15) is 41.0 Å². The van der Waals surface area contributed by atoms with Crippen molar-refractivity contribution >= 4 is 29.3 Å². The summed E-state index contributed by atoms with van der Waals surface area (Å²) in [7, 11) is 0. The van der Waals surface area contributed by atoms with E-state index in [4.69, 9.17) is 0 Å². The standard InChI is InChI=1S/C18H26N2O2S/c1-6-15-18(22)19(14-9-7-8-10-16(14)23-15)11-17(21)20(12(2)3)13(4)5/h7-10,12-13,15H,6,11H2,1-5H3/t15-/m0/s1. The first-order chi connectivity index (χ1) is 10.9. The Kier molecular flexibility index (Phi) is 5.74. The van der Waals surface area contributed by atoms with E-state index >= 15 is 0 Å². The molecule has 0 fully saturated rings. The summed E-state index contributed by atoms with van der Waals surface area (Å²) in [5.74, 6) is 0.0388. The summed E-state index contributed by atoms with van der Waals surface area (Å²) >= 11 is 1.60. The van der Waals surface area contributed by atoms with Gasteiger partial charge in [0.05, 0.1) is 10.9 Å². The van der Waals surface area contributed by atoms with Crippen LogP contribution in [-0.4, -0.2) is 40.6 Å². The molecule has 1 aromatic rings. The predicted molar refractivity (Wildman–Crippen MR) is 95.8 cm³/mol. The van der Waals surface area contributed by atoms with Crippen molar-refractivity contribution in [2.45, 2.75) is 63.3 Å². The van der Waals surface area contributed by atoms with Gasteiger partial charge in [-0.2, -0.15) is 0 Å². The number of rotatable bonds is 5. The molecule has 0 radical (unpaired) electrons. The van der Waals surface area contributed by atoms with Crippen LogP contribution in [0.2, 0.25) is 0 Å². The largest absolute Gasteiger partial charge is 0.336 e. The number of anilines is 1. The summed E-state index contributed by atoms with van der Waals surface area (Å²) < 4.78 is 0. The number of hydrogen-bond donors (Lipinski definition) is 0. The van der Waals surface area contributed by atoms with Gasteiger partial charge in [-0.3, -0.25) is 9.59 Å². The van der Waals surface area contributed by atoms with E-state index in [0.29, 0.717) is 0 Å². The SMILES string of the molecule is CC[C@@H]1Sc2ccccc2N(CC(=O)N(C(C)C)C(C)C)C1=O. The van der Waals surface area contributed by atoms with Gasteiger partial charge in [0.15, 0.2) is 0 Å². The lowest BCUT2D eigenvalue weighted by Crippen LogP contribution is -2.51. The van der Waals surface area contributed by atoms with Crippen LogP contribution in [0.3, 0.4) is 0 Å². The minimum absolute atomic E-state index is 0.0000869. The fourth-order valence-corrected chi connectivity index (χ4v) is 4.24. The number of amides is 2. The average Bonchev–Trinajstić information content (AvgIpc) is 2.49. The molecule has 1 aromatic carbocycles. The summed E-state index contributed by atoms with van der Waals surface area (Å²) in [5.41, 5.74) is 0.855. The summed E-state index contributed by atoms with van der Waals surface area (Å²) in [6, 6.07) is 8.08. The van der Waals surface area contributed by atoms with Crippen molar-refractivity contribution in [1.82, 2.24) is 4.90 Å². The van der Waals surface area contributed by atoms with E-state index in [2.05, 4.69) is 0 Å². The Morgan fingerprint density at radius 2 is 1.83 bits per heavy atom. The van der Waals surface area contributed by atoms with Crippen molar-refractivity contribution in [2.24, 2.45) is 0 Å². The van der Waals surface area contributed by atoms with Crippen LogP contribution >= 0.6 is 11.8 Å². The van der Waals surface area contributed by atoms with Crippen LogP contribution in [0.25, 0.3) is 0 Å². The lowest BCUT2D eigenvalue weighted by atomic mass is 10.2. The molecule has 0 saturated carbocycles. The Balaban J connectivity index is 2.30. The van der Waals surface area contributed by atoms with Crippen molar-refractivity contribution < 1.29 is 9.59 Å². The molecule has 5 heteroatoms. The van der Waals surface area contributed by atoms with Gasteiger partial charge in [0.2, 0.25) is 11.8 Å². The van der Waals surface area contributed by atoms with Crippen molar-refractivity contribution in [3.63, 3.8) is 0 Å². The minimum Gasteiger partial charge on any atom is -0.336 e. The van der Waals surface area contributed by atoms with E-state index in [1.807, 2.05) is 63.8 Å². The molecule has 0 spiro atoms. The van der Waals surface area contributed by atoms with Crippen LogP contribution in [0.15, 0.2) is 29.2 Å². The second kappa shape index (κ2) is 7.39. The van der Waals surface area contributed by atoms with E-state index in [9.17, 15) is 9.59 Å². The van der Waals surface area contributed by atoms with Crippen LogP contribution in [0.4, 0.5) is 5.69 Å². The fourth-order valence-electron chi connectivity index (χ4n) is 3.09. The highest BCUT2D eigenvalue weighted by Gasteiger charge is 2.34. The second-order valence-electron chi connectivity index (χ2n) is 6.40. The predicted octanol–water partition coefficient (Wildman–Crippen LogP) is 3.55. The topological polar surface area (TPSA) is 40.6 Å². The number of hydrogen-bond acceptors (Lipinski definition) is 3. The number of carbonyl (C=O) groups excluding carboxylic acids is 2. The molecular formula is C18H26N2O2S. The van der Waals surface area contributed by atoms with Crippen LogP contribution in [0.5, 0.6) is 0 Å². The van der Waals surface area contributed by atoms with Crippen LogP contribution in [0, 0.1) is 0 Å². The molecule has 0 bridgehead atoms. The normalized spacial score (nSPS) is 17.6. The zero-order valence-electron chi connectivity index (χ0n) is 14.6. The molecule has 0 saturated heterocycles. The molecule has 23 heavy (non-hydrogen) atoms. The van der Waals surface area contributed by atoms with Gasteiger partial charge in [0, 0.05) is 17.0 Å². The first kappa shape index (κ1) is 17.9. The molecule has 4 nitrogen and oxygen atoms in total. The molecule has 0 N–H and O–H groups in total. The smallest absolute Gasteiger partial charge is 0.243 e. The Bertz CT molecular complexity index is 578. The van der Waals surface area contributed by atoms with Crippen molar-refractivity contribution in [3.05, 3.63) is 24.3 Å². The molecule has 126 valence electrons. The molecule has 1 heterocycles. The monoisotopic (exact) mass is 334 g/mol. The zero-order chi connectivity index (χ0) is 17.1. The third-order valence-electron chi connectivity index (χ3n) is 4.03. The number of fused-ring (bicyclic) bond motifs is 1. The van der Waals surface area contributed by atoms with Crippen molar-refractivity contribution in [1.29, 1.82) is 0 Å². The Morgan fingerprint density at radius 1 is 1.22 bits per heavy atom. The van der Waals surface area contributed by atoms with E-state index in [1.54, 1.807) is 16.7 Å². The maximum atomic E-state index is 12.8. The van der Waals surface area contributed by atoms with Gasteiger partial charge < -0.3 is 9.80 Å². The highest BCUT2D eigenvalue weighted by Crippen LogP contribution is 2.40. The maximum absolute atomic E-state index is 12.8. The quantitative estimate of drug-likeness (QED) is 0.827. The van der Waals surface area contributed by atoms with Gasteiger partial charge >= 0.3 is 0 Å². The lowest BCUT2D eigenvalue weighted by molar-refractivity contribution is -0.134. The minimum atomic E-state index is -0.107. The van der Waals surface area contributed by atoms with Gasteiger partial charge in [-0.25, -0.2) is 0 Å². The molecule has 0 aliphatic carbocycles. The zero-order valence-corrected chi connectivity index (χ0v) is 15.4. The van der Waals surface area contributed by atoms with Gasteiger partial charge in [0.1, 0.15) is 6.54 Å². The van der Waals surface area contributed by atoms with E-state index < -0.39 is 0 Å². The van der Waals surface area contributed by atoms with Gasteiger partial charge in [0.25, 0.3) is 0 Å². The summed E-state index contributed by atoms with van der Waals surface area (Å²) in [5, 5.41) is -0.107. The van der Waals surface area contributed by atoms with E-state index in [-0.39, 0.29) is 35.7 Å². The number of benzene rings is 1. The molecule has 2 amide bonds. The molecule has 1 aliphatic rings.